The molecule has 2 unspecified atom stereocenters. The van der Waals surface area contributed by atoms with E-state index in [9.17, 15) is 4.79 Å². The molecule has 0 aromatic heterocycles. The fourth-order valence-electron chi connectivity index (χ4n) is 1.85. The van der Waals surface area contributed by atoms with E-state index in [1.54, 1.807) is 0 Å². The number of nitrogens with one attached hydrogen (secondary N) is 2. The summed E-state index contributed by atoms with van der Waals surface area (Å²) in [5.74, 6) is 0.537. The third-order valence-electron chi connectivity index (χ3n) is 2.71. The number of rotatable bonds is 4. The molecule has 1 saturated heterocycles. The first kappa shape index (κ1) is 11.5. The zero-order valence-corrected chi connectivity index (χ0v) is 9.01. The molecule has 0 bridgehead atoms. The van der Waals surface area contributed by atoms with Crippen molar-refractivity contribution in [1.82, 2.24) is 10.6 Å². The van der Waals surface area contributed by atoms with Crippen molar-refractivity contribution in [1.29, 1.82) is 0 Å². The van der Waals surface area contributed by atoms with E-state index in [0.29, 0.717) is 5.92 Å². The first-order valence-electron chi connectivity index (χ1n) is 5.23. The fourth-order valence-corrected chi connectivity index (χ4v) is 1.85. The molecule has 0 aliphatic carbocycles. The van der Waals surface area contributed by atoms with Crippen molar-refractivity contribution in [2.24, 2.45) is 5.92 Å². The molecule has 0 radical (unpaired) electrons. The van der Waals surface area contributed by atoms with Crippen molar-refractivity contribution in [3.63, 3.8) is 0 Å². The van der Waals surface area contributed by atoms with Crippen molar-refractivity contribution in [2.45, 2.75) is 25.8 Å². The number of methoxy groups -OCH3 is 1. The van der Waals surface area contributed by atoms with Crippen LogP contribution in [0.15, 0.2) is 0 Å². The largest absolute Gasteiger partial charge is 0.375 e. The average Bonchev–Trinajstić information content (AvgIpc) is 2.19. The lowest BCUT2D eigenvalue weighted by molar-refractivity contribution is -0.125. The molecule has 1 aliphatic rings. The molecule has 0 saturated carbocycles. The van der Waals surface area contributed by atoms with Crippen LogP contribution in [0.3, 0.4) is 0 Å². The standard InChI is InChI=1S/C10H20N2O2/c1-8(12-10(13)7-14-2)9-4-3-5-11-6-9/h8-9,11H,3-7H2,1-2H3,(H,12,13). The van der Waals surface area contributed by atoms with Gasteiger partial charge in [0.25, 0.3) is 0 Å². The van der Waals surface area contributed by atoms with Crippen molar-refractivity contribution in [2.75, 3.05) is 26.8 Å². The predicted molar refractivity (Wildman–Crippen MR) is 55.1 cm³/mol. The van der Waals surface area contributed by atoms with Gasteiger partial charge in [-0.1, -0.05) is 0 Å². The highest BCUT2D eigenvalue weighted by molar-refractivity contribution is 5.77. The Hall–Kier alpha value is -0.610. The molecular formula is C10H20N2O2. The number of piperidine rings is 1. The maximum absolute atomic E-state index is 11.2. The fraction of sp³-hybridized carbons (Fsp3) is 0.900. The lowest BCUT2D eigenvalue weighted by Crippen LogP contribution is -2.45. The minimum absolute atomic E-state index is 0.0226. The predicted octanol–water partition coefficient (Wildman–Crippen LogP) is 0.137. The Kier molecular flexibility index (Phi) is 4.90. The monoisotopic (exact) mass is 200 g/mol. The molecule has 1 heterocycles. The van der Waals surface area contributed by atoms with Crippen molar-refractivity contribution >= 4 is 5.91 Å². The van der Waals surface area contributed by atoms with E-state index in [0.717, 1.165) is 13.1 Å². The van der Waals surface area contributed by atoms with E-state index < -0.39 is 0 Å². The highest BCUT2D eigenvalue weighted by Gasteiger charge is 2.20. The molecule has 1 fully saturated rings. The summed E-state index contributed by atoms with van der Waals surface area (Å²) in [5.41, 5.74) is 0. The minimum Gasteiger partial charge on any atom is -0.375 e. The van der Waals surface area contributed by atoms with E-state index in [-0.39, 0.29) is 18.6 Å². The molecule has 2 N–H and O–H groups in total. The van der Waals surface area contributed by atoms with Gasteiger partial charge in [0.15, 0.2) is 0 Å². The van der Waals surface area contributed by atoms with Crippen molar-refractivity contribution in [3.8, 4) is 0 Å². The SMILES string of the molecule is COCC(=O)NC(C)C1CCCNC1. The van der Waals surface area contributed by atoms with Crippen LogP contribution in [-0.2, 0) is 9.53 Å². The van der Waals surface area contributed by atoms with Crippen LogP contribution in [0, 0.1) is 5.92 Å². The van der Waals surface area contributed by atoms with Crippen molar-refractivity contribution in [3.05, 3.63) is 0 Å². The molecule has 1 aliphatic heterocycles. The lowest BCUT2D eigenvalue weighted by Gasteiger charge is -2.28. The second-order valence-corrected chi connectivity index (χ2v) is 3.90. The molecule has 0 aromatic rings. The van der Waals surface area contributed by atoms with E-state index in [4.69, 9.17) is 4.74 Å². The summed E-state index contributed by atoms with van der Waals surface area (Å²) in [6.45, 7) is 4.33. The quantitative estimate of drug-likeness (QED) is 0.678. The van der Waals surface area contributed by atoms with Crippen LogP contribution >= 0.6 is 0 Å². The molecule has 14 heavy (non-hydrogen) atoms. The number of hydrogen-bond acceptors (Lipinski definition) is 3. The molecule has 4 nitrogen and oxygen atoms in total. The number of carbonyl (C=O) groups excluding carboxylic acids is 1. The Bertz CT molecular complexity index is 179. The molecule has 2 atom stereocenters. The number of amides is 1. The Morgan fingerprint density at radius 2 is 2.50 bits per heavy atom. The molecule has 1 rings (SSSR count). The van der Waals surface area contributed by atoms with Gasteiger partial charge in [-0.15, -0.1) is 0 Å². The Morgan fingerprint density at radius 1 is 1.71 bits per heavy atom. The van der Waals surface area contributed by atoms with Gasteiger partial charge in [0, 0.05) is 13.2 Å². The number of ether oxygens (including phenoxy) is 1. The smallest absolute Gasteiger partial charge is 0.246 e. The van der Waals surface area contributed by atoms with Crippen LogP contribution in [-0.4, -0.2) is 38.8 Å². The minimum atomic E-state index is -0.0226. The topological polar surface area (TPSA) is 50.4 Å². The molecule has 0 aromatic carbocycles. The second-order valence-electron chi connectivity index (χ2n) is 3.90. The Labute approximate surface area is 85.4 Å². The van der Waals surface area contributed by atoms with Gasteiger partial charge in [-0.25, -0.2) is 0 Å². The average molecular weight is 200 g/mol. The summed E-state index contributed by atoms with van der Waals surface area (Å²) in [5, 5.41) is 6.28. The summed E-state index contributed by atoms with van der Waals surface area (Å²) in [6.07, 6.45) is 2.40. The highest BCUT2D eigenvalue weighted by atomic mass is 16.5. The molecular weight excluding hydrogens is 180 g/mol. The van der Waals surface area contributed by atoms with Crippen LogP contribution in [0.2, 0.25) is 0 Å². The van der Waals surface area contributed by atoms with Crippen LogP contribution in [0.25, 0.3) is 0 Å². The maximum atomic E-state index is 11.2. The Morgan fingerprint density at radius 3 is 3.07 bits per heavy atom. The maximum Gasteiger partial charge on any atom is 0.246 e. The Balaban J connectivity index is 2.25. The highest BCUT2D eigenvalue weighted by Crippen LogP contribution is 2.13. The molecule has 0 spiro atoms. The van der Waals surface area contributed by atoms with Crippen molar-refractivity contribution < 1.29 is 9.53 Å². The van der Waals surface area contributed by atoms with Crippen LogP contribution in [0.1, 0.15) is 19.8 Å². The van der Waals surface area contributed by atoms with E-state index in [1.807, 2.05) is 0 Å². The third-order valence-corrected chi connectivity index (χ3v) is 2.71. The first-order valence-corrected chi connectivity index (χ1v) is 5.23. The van der Waals surface area contributed by atoms with Crippen LogP contribution in [0.4, 0.5) is 0 Å². The number of carbonyl (C=O) groups is 1. The van der Waals surface area contributed by atoms with Gasteiger partial charge in [-0.3, -0.25) is 4.79 Å². The summed E-state index contributed by atoms with van der Waals surface area (Å²) >= 11 is 0. The van der Waals surface area contributed by atoms with E-state index in [1.165, 1.54) is 20.0 Å². The second kappa shape index (κ2) is 5.98. The van der Waals surface area contributed by atoms with Gasteiger partial charge in [0.2, 0.25) is 5.91 Å². The summed E-state index contributed by atoms with van der Waals surface area (Å²) < 4.78 is 4.76. The zero-order chi connectivity index (χ0) is 10.4. The van der Waals surface area contributed by atoms with E-state index >= 15 is 0 Å². The van der Waals surface area contributed by atoms with Gasteiger partial charge in [0.1, 0.15) is 6.61 Å². The molecule has 4 heteroatoms. The van der Waals surface area contributed by atoms with Gasteiger partial charge in [-0.2, -0.15) is 0 Å². The lowest BCUT2D eigenvalue weighted by atomic mass is 9.93. The summed E-state index contributed by atoms with van der Waals surface area (Å²) in [4.78, 5) is 11.2. The first-order chi connectivity index (χ1) is 6.74. The summed E-state index contributed by atoms with van der Waals surface area (Å²) in [7, 11) is 1.53. The van der Waals surface area contributed by atoms with E-state index in [2.05, 4.69) is 17.6 Å². The van der Waals surface area contributed by atoms with Crippen LogP contribution < -0.4 is 10.6 Å². The normalized spacial score (nSPS) is 24.3. The van der Waals surface area contributed by atoms with Gasteiger partial charge in [-0.05, 0) is 38.8 Å². The van der Waals surface area contributed by atoms with Gasteiger partial charge >= 0.3 is 0 Å². The third kappa shape index (κ3) is 3.64. The number of hydrogen-bond donors (Lipinski definition) is 2. The zero-order valence-electron chi connectivity index (χ0n) is 9.01. The summed E-state index contributed by atoms with van der Waals surface area (Å²) in [6, 6.07) is 0.241. The van der Waals surface area contributed by atoms with Crippen LogP contribution in [0.5, 0.6) is 0 Å². The molecule has 1 amide bonds. The van der Waals surface area contributed by atoms with Gasteiger partial charge in [0.05, 0.1) is 0 Å². The molecule has 82 valence electrons. The van der Waals surface area contributed by atoms with Gasteiger partial charge < -0.3 is 15.4 Å².